The van der Waals surface area contributed by atoms with Crippen LogP contribution in [0.4, 0.5) is 0 Å². The summed E-state index contributed by atoms with van der Waals surface area (Å²) >= 11 is 1.70. The van der Waals surface area contributed by atoms with E-state index >= 15 is 0 Å². The molecule has 1 heterocycles. The first kappa shape index (κ1) is 15.2. The van der Waals surface area contributed by atoms with Crippen molar-refractivity contribution < 1.29 is 9.90 Å². The Balaban J connectivity index is 2.93. The van der Waals surface area contributed by atoms with Crippen LogP contribution in [0.15, 0.2) is 12.1 Å². The van der Waals surface area contributed by atoms with Crippen LogP contribution in [0.1, 0.15) is 36.9 Å². The number of hydrogen-bond acceptors (Lipinski definition) is 3. The molecule has 1 aromatic heterocycles. The Morgan fingerprint density at radius 2 is 2.06 bits per heavy atom. The topological polar surface area (TPSA) is 63.3 Å². The first-order valence-corrected chi connectivity index (χ1v) is 7.26. The molecule has 102 valence electrons. The molecule has 1 atom stereocenters. The fraction of sp³-hybridized carbons (Fsp3) is 0.643. The maximum absolute atomic E-state index is 11.6. The summed E-state index contributed by atoms with van der Waals surface area (Å²) in [7, 11) is 0. The monoisotopic (exact) mass is 269 g/mol. The second kappa shape index (κ2) is 6.34. The maximum Gasteiger partial charge on any atom is 0.311 e. The lowest BCUT2D eigenvalue weighted by Crippen LogP contribution is -2.41. The zero-order valence-corrected chi connectivity index (χ0v) is 12.2. The standard InChI is InChI=1S/C14H23NO2S/c1-4-11-5-6-12(18-11)8-14(9-15,13(16)17)7-10(2)3/h5-6,10H,4,7-9,15H2,1-3H3,(H,16,17). The van der Waals surface area contributed by atoms with E-state index in [0.29, 0.717) is 18.8 Å². The van der Waals surface area contributed by atoms with Gasteiger partial charge in [0.05, 0.1) is 5.41 Å². The van der Waals surface area contributed by atoms with Crippen molar-refractivity contribution in [3.05, 3.63) is 21.9 Å². The number of carboxylic acid groups (broad SMARTS) is 1. The minimum absolute atomic E-state index is 0.194. The molecule has 1 aromatic rings. The maximum atomic E-state index is 11.6. The molecule has 1 unspecified atom stereocenters. The number of hydrogen-bond donors (Lipinski definition) is 2. The van der Waals surface area contributed by atoms with Crippen molar-refractivity contribution in [1.29, 1.82) is 0 Å². The highest BCUT2D eigenvalue weighted by Crippen LogP contribution is 2.33. The Bertz CT molecular complexity index is 400. The van der Waals surface area contributed by atoms with Gasteiger partial charge in [0.15, 0.2) is 0 Å². The Hall–Kier alpha value is -0.870. The Labute approximate surface area is 113 Å². The van der Waals surface area contributed by atoms with Crippen LogP contribution in [0.5, 0.6) is 0 Å². The van der Waals surface area contributed by atoms with Crippen molar-refractivity contribution >= 4 is 17.3 Å². The summed E-state index contributed by atoms with van der Waals surface area (Å²) in [6.45, 7) is 6.38. The lowest BCUT2D eigenvalue weighted by molar-refractivity contribution is -0.149. The van der Waals surface area contributed by atoms with E-state index in [1.807, 2.05) is 19.9 Å². The second-order valence-corrected chi connectivity index (χ2v) is 6.54. The third-order valence-electron chi connectivity index (χ3n) is 3.22. The molecule has 4 heteroatoms. The number of rotatable bonds is 7. The molecular formula is C14H23NO2S. The predicted octanol–water partition coefficient (Wildman–Crippen LogP) is 2.93. The Kier molecular flexibility index (Phi) is 5.35. The molecule has 0 aliphatic carbocycles. The van der Waals surface area contributed by atoms with Crippen LogP contribution >= 0.6 is 11.3 Å². The van der Waals surface area contributed by atoms with E-state index in [0.717, 1.165) is 11.3 Å². The van der Waals surface area contributed by atoms with Gasteiger partial charge in [0.2, 0.25) is 0 Å². The molecule has 1 rings (SSSR count). The van der Waals surface area contributed by atoms with Crippen molar-refractivity contribution in [3.8, 4) is 0 Å². The third kappa shape index (κ3) is 3.56. The van der Waals surface area contributed by atoms with E-state index in [4.69, 9.17) is 5.73 Å². The zero-order valence-electron chi connectivity index (χ0n) is 11.4. The molecule has 0 fully saturated rings. The quantitative estimate of drug-likeness (QED) is 0.800. The van der Waals surface area contributed by atoms with Crippen LogP contribution in [0.3, 0.4) is 0 Å². The summed E-state index contributed by atoms with van der Waals surface area (Å²) in [6.07, 6.45) is 2.16. The molecular weight excluding hydrogens is 246 g/mol. The van der Waals surface area contributed by atoms with E-state index in [1.54, 1.807) is 11.3 Å². The highest BCUT2D eigenvalue weighted by molar-refractivity contribution is 7.12. The van der Waals surface area contributed by atoms with Crippen LogP contribution in [-0.4, -0.2) is 17.6 Å². The van der Waals surface area contributed by atoms with Crippen molar-refractivity contribution in [2.24, 2.45) is 17.1 Å². The first-order valence-electron chi connectivity index (χ1n) is 6.44. The fourth-order valence-electron chi connectivity index (χ4n) is 2.30. The smallest absolute Gasteiger partial charge is 0.311 e. The molecule has 0 saturated carbocycles. The van der Waals surface area contributed by atoms with E-state index in [9.17, 15) is 9.90 Å². The van der Waals surface area contributed by atoms with E-state index < -0.39 is 11.4 Å². The van der Waals surface area contributed by atoms with Gasteiger partial charge in [0.1, 0.15) is 0 Å². The van der Waals surface area contributed by atoms with Crippen molar-refractivity contribution in [2.75, 3.05) is 6.54 Å². The third-order valence-corrected chi connectivity index (χ3v) is 4.45. The molecule has 0 bridgehead atoms. The van der Waals surface area contributed by atoms with Gasteiger partial charge in [0, 0.05) is 16.3 Å². The molecule has 3 N–H and O–H groups in total. The molecule has 0 aromatic carbocycles. The van der Waals surface area contributed by atoms with Crippen LogP contribution in [0.2, 0.25) is 0 Å². The number of aliphatic carboxylic acids is 1. The van der Waals surface area contributed by atoms with Gasteiger partial charge >= 0.3 is 5.97 Å². The molecule has 0 radical (unpaired) electrons. The van der Waals surface area contributed by atoms with Gasteiger partial charge in [-0.3, -0.25) is 4.79 Å². The normalized spacial score (nSPS) is 14.7. The van der Waals surface area contributed by atoms with Crippen LogP contribution in [-0.2, 0) is 17.6 Å². The number of aryl methyl sites for hydroxylation is 1. The molecule has 0 saturated heterocycles. The van der Waals surface area contributed by atoms with E-state index in [1.165, 1.54) is 4.88 Å². The van der Waals surface area contributed by atoms with Crippen molar-refractivity contribution in [3.63, 3.8) is 0 Å². The molecule has 0 spiro atoms. The van der Waals surface area contributed by atoms with Gasteiger partial charge in [-0.1, -0.05) is 20.8 Å². The predicted molar refractivity (Wildman–Crippen MR) is 76.0 cm³/mol. The lowest BCUT2D eigenvalue weighted by atomic mass is 9.77. The largest absolute Gasteiger partial charge is 0.481 e. The fourth-order valence-corrected chi connectivity index (χ4v) is 3.40. The average molecular weight is 269 g/mol. The van der Waals surface area contributed by atoms with Crippen molar-refractivity contribution in [1.82, 2.24) is 0 Å². The summed E-state index contributed by atoms with van der Waals surface area (Å²) in [4.78, 5) is 14.0. The summed E-state index contributed by atoms with van der Waals surface area (Å²) in [5.41, 5.74) is 4.95. The number of carbonyl (C=O) groups is 1. The molecule has 3 nitrogen and oxygen atoms in total. The molecule has 0 aliphatic heterocycles. The van der Waals surface area contributed by atoms with Crippen LogP contribution in [0, 0.1) is 11.3 Å². The number of nitrogens with two attached hydrogens (primary N) is 1. The first-order chi connectivity index (χ1) is 8.43. The van der Waals surface area contributed by atoms with Crippen LogP contribution < -0.4 is 5.73 Å². The highest BCUT2D eigenvalue weighted by Gasteiger charge is 2.38. The van der Waals surface area contributed by atoms with Gasteiger partial charge in [-0.05, 0) is 37.3 Å². The van der Waals surface area contributed by atoms with Gasteiger partial charge in [-0.2, -0.15) is 0 Å². The summed E-state index contributed by atoms with van der Waals surface area (Å²) < 4.78 is 0. The zero-order chi connectivity index (χ0) is 13.8. The van der Waals surface area contributed by atoms with Gasteiger partial charge < -0.3 is 10.8 Å². The summed E-state index contributed by atoms with van der Waals surface area (Å²) in [6, 6.07) is 4.12. The highest BCUT2D eigenvalue weighted by atomic mass is 32.1. The Morgan fingerprint density at radius 1 is 1.44 bits per heavy atom. The van der Waals surface area contributed by atoms with Gasteiger partial charge in [0.25, 0.3) is 0 Å². The Morgan fingerprint density at radius 3 is 2.44 bits per heavy atom. The summed E-state index contributed by atoms with van der Waals surface area (Å²) in [5, 5.41) is 9.52. The second-order valence-electron chi connectivity index (χ2n) is 5.29. The molecule has 0 amide bonds. The minimum atomic E-state index is -0.815. The van der Waals surface area contributed by atoms with Crippen LogP contribution in [0.25, 0.3) is 0 Å². The van der Waals surface area contributed by atoms with Gasteiger partial charge in [-0.15, -0.1) is 11.3 Å². The lowest BCUT2D eigenvalue weighted by Gasteiger charge is -2.29. The molecule has 18 heavy (non-hydrogen) atoms. The average Bonchev–Trinajstić information content (AvgIpc) is 2.74. The number of thiophene rings is 1. The summed E-state index contributed by atoms with van der Waals surface area (Å²) in [5.74, 6) is -0.444. The SMILES string of the molecule is CCc1ccc(CC(CN)(CC(C)C)C(=O)O)s1. The number of carboxylic acids is 1. The van der Waals surface area contributed by atoms with Gasteiger partial charge in [-0.25, -0.2) is 0 Å². The van der Waals surface area contributed by atoms with Crippen molar-refractivity contribution in [2.45, 2.75) is 40.0 Å². The minimum Gasteiger partial charge on any atom is -0.481 e. The van der Waals surface area contributed by atoms with E-state index in [2.05, 4.69) is 13.0 Å². The van der Waals surface area contributed by atoms with E-state index in [-0.39, 0.29) is 6.54 Å². The molecule has 0 aliphatic rings.